The highest BCUT2D eigenvalue weighted by Gasteiger charge is 2.19. The van der Waals surface area contributed by atoms with Crippen molar-refractivity contribution in [2.24, 2.45) is 5.11 Å². The number of benzene rings is 3. The van der Waals surface area contributed by atoms with E-state index in [4.69, 9.17) is 38.7 Å². The molecule has 340 valence electrons. The topological polar surface area (TPSA) is 234 Å². The van der Waals surface area contributed by atoms with E-state index in [1.165, 1.54) is 0 Å². The Morgan fingerprint density at radius 1 is 0.746 bits per heavy atom. The number of carbonyl (C=O) groups excluding carboxylic acids is 2. The maximum Gasteiger partial charge on any atom is 0.305 e. The highest BCUT2D eigenvalue weighted by molar-refractivity contribution is 6.00. The van der Waals surface area contributed by atoms with E-state index in [1.54, 1.807) is 18.3 Å². The number of azide groups is 1. The number of carbonyl (C=O) groups is 3. The van der Waals surface area contributed by atoms with Gasteiger partial charge in [0, 0.05) is 36.0 Å². The van der Waals surface area contributed by atoms with E-state index in [0.717, 1.165) is 39.0 Å². The molecule has 2 amide bonds. The van der Waals surface area contributed by atoms with Crippen LogP contribution in [0.15, 0.2) is 84.1 Å². The summed E-state index contributed by atoms with van der Waals surface area (Å²) in [5.74, 6) is -0.372. The fraction of sp³-hybridized carbons (Fsp3) is 0.467. The average Bonchev–Trinajstić information content (AvgIpc) is 3.28. The number of nitrogens with zero attached hydrogens (tertiary/aromatic N) is 4. The molecule has 4 rings (SSSR count). The van der Waals surface area contributed by atoms with Gasteiger partial charge in [0.15, 0.2) is 0 Å². The van der Waals surface area contributed by atoms with Crippen LogP contribution in [-0.4, -0.2) is 133 Å². The van der Waals surface area contributed by atoms with Crippen molar-refractivity contribution >= 4 is 34.4 Å². The summed E-state index contributed by atoms with van der Waals surface area (Å²) in [5.41, 5.74) is 11.8. The molecule has 0 bridgehead atoms. The third-order valence-corrected chi connectivity index (χ3v) is 9.21. The number of ether oxygens (including phenoxy) is 7. The number of rotatable bonds is 34. The van der Waals surface area contributed by atoms with Crippen molar-refractivity contribution in [1.82, 2.24) is 15.6 Å². The molecule has 0 spiro atoms. The first kappa shape index (κ1) is 49.8. The lowest BCUT2D eigenvalue weighted by Crippen LogP contribution is -2.39. The molecule has 3 aromatic carbocycles. The molecule has 18 nitrogen and oxygen atoms in total. The van der Waals surface area contributed by atoms with E-state index in [9.17, 15) is 19.5 Å². The molecule has 0 unspecified atom stereocenters. The maximum absolute atomic E-state index is 12.8. The number of nitrogens with one attached hydrogen (secondary N) is 3. The molecule has 4 aromatic rings. The minimum absolute atomic E-state index is 0.220. The van der Waals surface area contributed by atoms with E-state index >= 15 is 0 Å². The van der Waals surface area contributed by atoms with Crippen LogP contribution in [-0.2, 0) is 42.8 Å². The third-order valence-electron chi connectivity index (χ3n) is 9.21. The van der Waals surface area contributed by atoms with Gasteiger partial charge in [-0.25, -0.2) is 4.98 Å². The van der Waals surface area contributed by atoms with Gasteiger partial charge in [0.25, 0.3) is 0 Å². The Balaban J connectivity index is 1.11. The molecule has 1 heterocycles. The molecule has 1 atom stereocenters. The number of aryl methyl sites for hydroxylation is 1. The number of carboxylic acid groups (broad SMARTS) is 1. The van der Waals surface area contributed by atoms with Crippen LogP contribution in [0.3, 0.4) is 0 Å². The second kappa shape index (κ2) is 30.2. The Morgan fingerprint density at radius 3 is 1.95 bits per heavy atom. The van der Waals surface area contributed by atoms with Gasteiger partial charge >= 0.3 is 5.97 Å². The second-order valence-electron chi connectivity index (χ2n) is 14.0. The molecule has 18 heteroatoms. The van der Waals surface area contributed by atoms with Gasteiger partial charge < -0.3 is 54.2 Å². The van der Waals surface area contributed by atoms with Crippen molar-refractivity contribution in [3.8, 4) is 16.9 Å². The Bertz CT molecular complexity index is 2020. The SMILES string of the molecule is Cc1ccnc(NCCCC(=O)NCC(=O)N[C@@H](CC(=O)O)c2ccc(-c3ccc(OCCOCCOCCOCCOCCOCCOCCN=[N+]=[N-])c4ccccc34)cc2)c1. The van der Waals surface area contributed by atoms with Gasteiger partial charge in [0.05, 0.1) is 98.3 Å². The van der Waals surface area contributed by atoms with Crippen LogP contribution in [0.4, 0.5) is 5.82 Å². The molecule has 1 aromatic heterocycles. The van der Waals surface area contributed by atoms with E-state index < -0.39 is 17.9 Å². The van der Waals surface area contributed by atoms with Crippen LogP contribution in [0.1, 0.15) is 36.4 Å². The number of carboxylic acids is 1. The predicted octanol–water partition coefficient (Wildman–Crippen LogP) is 5.64. The third kappa shape index (κ3) is 20.3. The van der Waals surface area contributed by atoms with Crippen LogP contribution >= 0.6 is 0 Å². The number of anilines is 1. The summed E-state index contributed by atoms with van der Waals surface area (Å²) in [7, 11) is 0. The lowest BCUT2D eigenvalue weighted by atomic mass is 9.95. The minimum atomic E-state index is -1.07. The number of hydrogen-bond acceptors (Lipinski definition) is 13. The normalized spacial score (nSPS) is 11.4. The standard InChI is InChI=1S/C45H59N7O11/c1-34-14-16-48-42(31-34)47-15-4-7-43(53)49-33-44(54)51-40(32-45(55)56)36-10-8-35(9-11-36)37-12-13-41(39-6-3-2-5-38(37)39)63-30-29-62-28-27-61-26-25-60-24-23-59-22-21-58-20-19-57-18-17-50-52-46/h2-3,5-6,8-14,16,31,40H,4,7,15,17-30,32-33H2,1H3,(H,47,48)(H,49,53)(H,51,54)(H,55,56)/t40-/m0/s1. The van der Waals surface area contributed by atoms with Gasteiger partial charge in [0.2, 0.25) is 11.8 Å². The molecule has 4 N–H and O–H groups in total. The van der Waals surface area contributed by atoms with Crippen molar-refractivity contribution in [3.63, 3.8) is 0 Å². The Labute approximate surface area is 367 Å². The molecule has 0 fully saturated rings. The van der Waals surface area contributed by atoms with Crippen molar-refractivity contribution in [1.29, 1.82) is 0 Å². The zero-order chi connectivity index (χ0) is 44.7. The number of pyridine rings is 1. The van der Waals surface area contributed by atoms with E-state index in [2.05, 4.69) is 31.0 Å². The van der Waals surface area contributed by atoms with Crippen molar-refractivity contribution in [3.05, 3.63) is 101 Å². The molecule has 0 aliphatic heterocycles. The van der Waals surface area contributed by atoms with Gasteiger partial charge in [0.1, 0.15) is 18.2 Å². The van der Waals surface area contributed by atoms with E-state index in [0.29, 0.717) is 111 Å². The summed E-state index contributed by atoms with van der Waals surface area (Å²) in [5, 5.41) is 23.5. The first-order chi connectivity index (χ1) is 30.8. The van der Waals surface area contributed by atoms with Crippen LogP contribution < -0.4 is 20.7 Å². The number of amides is 2. The molecule has 0 saturated carbocycles. The van der Waals surface area contributed by atoms with Crippen LogP contribution in [0, 0.1) is 6.92 Å². The van der Waals surface area contributed by atoms with Crippen molar-refractivity contribution < 1.29 is 52.6 Å². The fourth-order valence-corrected chi connectivity index (χ4v) is 6.14. The minimum Gasteiger partial charge on any atom is -0.491 e. The summed E-state index contributed by atoms with van der Waals surface area (Å²) < 4.78 is 39.0. The lowest BCUT2D eigenvalue weighted by molar-refractivity contribution is -0.138. The zero-order valence-corrected chi connectivity index (χ0v) is 35.8. The van der Waals surface area contributed by atoms with E-state index in [1.807, 2.05) is 67.6 Å². The summed E-state index contributed by atoms with van der Waals surface area (Å²) in [4.78, 5) is 43.8. The van der Waals surface area contributed by atoms with Crippen LogP contribution in [0.5, 0.6) is 5.75 Å². The number of aromatic nitrogens is 1. The fourth-order valence-electron chi connectivity index (χ4n) is 6.14. The molecule has 0 aliphatic carbocycles. The molecular formula is C45H59N7O11. The number of hydrogen-bond donors (Lipinski definition) is 4. The first-order valence-electron chi connectivity index (χ1n) is 21.0. The number of aliphatic carboxylic acids is 1. The van der Waals surface area contributed by atoms with Crippen LogP contribution in [0.2, 0.25) is 0 Å². The summed E-state index contributed by atoms with van der Waals surface area (Å²) in [6.07, 6.45) is 2.16. The lowest BCUT2D eigenvalue weighted by Gasteiger charge is -2.19. The molecular weight excluding hydrogens is 815 g/mol. The Kier molecular flexibility index (Phi) is 23.9. The highest BCUT2D eigenvalue weighted by atomic mass is 16.6. The maximum atomic E-state index is 12.8. The number of fused-ring (bicyclic) bond motifs is 1. The van der Waals surface area contributed by atoms with Gasteiger partial charge in [-0.15, -0.1) is 0 Å². The summed E-state index contributed by atoms with van der Waals surface area (Å²) in [6, 6.07) is 22.3. The molecule has 0 saturated heterocycles. The predicted molar refractivity (Wildman–Crippen MR) is 237 cm³/mol. The summed E-state index contributed by atoms with van der Waals surface area (Å²) in [6.45, 7) is 8.12. The smallest absolute Gasteiger partial charge is 0.305 e. The van der Waals surface area contributed by atoms with Crippen molar-refractivity contribution in [2.45, 2.75) is 32.2 Å². The summed E-state index contributed by atoms with van der Waals surface area (Å²) >= 11 is 0. The largest absolute Gasteiger partial charge is 0.491 e. The van der Waals surface area contributed by atoms with Gasteiger partial charge in [-0.2, -0.15) is 0 Å². The first-order valence-corrected chi connectivity index (χ1v) is 21.0. The van der Waals surface area contributed by atoms with Crippen molar-refractivity contribution in [2.75, 3.05) is 111 Å². The Hall–Kier alpha value is -5.85. The monoisotopic (exact) mass is 873 g/mol. The van der Waals surface area contributed by atoms with Gasteiger partial charge in [-0.1, -0.05) is 59.7 Å². The molecule has 0 aliphatic rings. The zero-order valence-electron chi connectivity index (χ0n) is 35.8. The van der Waals surface area contributed by atoms with E-state index in [-0.39, 0.29) is 25.3 Å². The quantitative estimate of drug-likeness (QED) is 0.0193. The average molecular weight is 874 g/mol. The molecule has 0 radical (unpaired) electrons. The van der Waals surface area contributed by atoms with Gasteiger partial charge in [-0.05, 0) is 64.7 Å². The van der Waals surface area contributed by atoms with Gasteiger partial charge in [-0.3, -0.25) is 14.4 Å². The second-order valence-corrected chi connectivity index (χ2v) is 14.0. The van der Waals surface area contributed by atoms with Crippen LogP contribution in [0.25, 0.3) is 32.3 Å². The molecule has 63 heavy (non-hydrogen) atoms. The Morgan fingerprint density at radius 2 is 1.35 bits per heavy atom. The highest BCUT2D eigenvalue weighted by Crippen LogP contribution is 2.35.